The van der Waals surface area contributed by atoms with Crippen LogP contribution < -0.4 is 0 Å². The molecule has 0 saturated heterocycles. The van der Waals surface area contributed by atoms with Gasteiger partial charge in [-0.3, -0.25) is 0 Å². The van der Waals surface area contributed by atoms with E-state index in [0.717, 1.165) is 0 Å². The van der Waals surface area contributed by atoms with Crippen LogP contribution in [-0.4, -0.2) is 40.0 Å². The number of carboxylic acid groups (broad SMARTS) is 1. The van der Waals surface area contributed by atoms with Crippen molar-refractivity contribution in [3.63, 3.8) is 0 Å². The van der Waals surface area contributed by atoms with Crippen molar-refractivity contribution in [1.29, 1.82) is 0 Å². The molecule has 0 atom stereocenters. The highest BCUT2D eigenvalue weighted by Gasteiger charge is 2.27. The number of hydrogen-bond donors (Lipinski definition) is 1. The van der Waals surface area contributed by atoms with Crippen LogP contribution in [0.3, 0.4) is 0 Å². The Bertz CT molecular complexity index is 285. The van der Waals surface area contributed by atoms with E-state index in [2.05, 4.69) is 14.2 Å². The first-order valence-corrected chi connectivity index (χ1v) is 5.43. The van der Waals surface area contributed by atoms with Crippen LogP contribution >= 0.6 is 34.8 Å². The van der Waals surface area contributed by atoms with E-state index in [1.54, 1.807) is 0 Å². The predicted molar refractivity (Wildman–Crippen MR) is 60.8 cm³/mol. The molecule has 100 valence electrons. The Morgan fingerprint density at radius 2 is 1.59 bits per heavy atom. The maximum absolute atomic E-state index is 11.0. The molecule has 0 radical (unpaired) electrons. The number of alkyl halides is 3. The van der Waals surface area contributed by atoms with Gasteiger partial charge in [-0.25, -0.2) is 9.59 Å². The van der Waals surface area contributed by atoms with Crippen LogP contribution in [0.1, 0.15) is 13.8 Å². The van der Waals surface area contributed by atoms with Crippen molar-refractivity contribution >= 4 is 47.1 Å². The van der Waals surface area contributed by atoms with E-state index in [1.807, 2.05) is 0 Å². The highest BCUT2D eigenvalue weighted by molar-refractivity contribution is 6.67. The molecule has 0 aromatic heterocycles. The summed E-state index contributed by atoms with van der Waals surface area (Å²) < 4.78 is 11.7. The quantitative estimate of drug-likeness (QED) is 0.635. The van der Waals surface area contributed by atoms with Crippen LogP contribution in [0, 0.1) is 0 Å². The van der Waals surface area contributed by atoms with E-state index in [1.165, 1.54) is 13.8 Å². The summed E-state index contributed by atoms with van der Waals surface area (Å²) >= 11 is 16.0. The van der Waals surface area contributed by atoms with Crippen molar-refractivity contribution in [2.45, 2.75) is 23.2 Å². The zero-order valence-electron chi connectivity index (χ0n) is 9.04. The van der Waals surface area contributed by atoms with Crippen molar-refractivity contribution in [2.75, 3.05) is 13.2 Å². The van der Waals surface area contributed by atoms with Crippen molar-refractivity contribution in [1.82, 2.24) is 0 Å². The monoisotopic (exact) mass is 308 g/mol. The molecule has 0 aromatic rings. The molecule has 9 heteroatoms. The smallest absolute Gasteiger partial charge is 0.450 e. The molecule has 0 fully saturated rings. The van der Waals surface area contributed by atoms with Gasteiger partial charge < -0.3 is 19.3 Å². The Balaban J connectivity index is 3.95. The van der Waals surface area contributed by atoms with Crippen LogP contribution in [0.25, 0.3) is 0 Å². The summed E-state index contributed by atoms with van der Waals surface area (Å²) in [4.78, 5) is 21.3. The molecule has 0 aliphatic rings. The first-order valence-electron chi connectivity index (χ1n) is 4.30. The molecular weight excluding hydrogens is 298 g/mol. The van der Waals surface area contributed by atoms with E-state index in [9.17, 15) is 9.59 Å². The molecule has 17 heavy (non-hydrogen) atoms. The number of halogens is 3. The summed E-state index contributed by atoms with van der Waals surface area (Å²) in [6.07, 6.45) is -2.56. The average Bonchev–Trinajstić information content (AvgIpc) is 2.08. The molecule has 1 N–H and O–H groups in total. The minimum atomic E-state index is -1.73. The van der Waals surface area contributed by atoms with Gasteiger partial charge in [-0.1, -0.05) is 34.8 Å². The van der Waals surface area contributed by atoms with Crippen molar-refractivity contribution in [3.05, 3.63) is 0 Å². The minimum absolute atomic E-state index is 0.321. The van der Waals surface area contributed by atoms with E-state index >= 15 is 0 Å². The lowest BCUT2D eigenvalue weighted by atomic mass is 10.1. The predicted octanol–water partition coefficient (Wildman–Crippen LogP) is 2.98. The lowest BCUT2D eigenvalue weighted by Gasteiger charge is -2.22. The summed E-state index contributed by atoms with van der Waals surface area (Å²) in [6, 6.07) is 0. The van der Waals surface area contributed by atoms with Gasteiger partial charge in [0.2, 0.25) is 3.79 Å². The second-order valence-electron chi connectivity index (χ2n) is 3.57. The maximum Gasteiger partial charge on any atom is 0.508 e. The third kappa shape index (κ3) is 10.3. The number of carbonyl (C=O) groups is 2. The Morgan fingerprint density at radius 1 is 1.12 bits per heavy atom. The number of rotatable bonds is 4. The number of carbonyl (C=O) groups excluding carboxylic acids is 1. The topological polar surface area (TPSA) is 82.1 Å². The second kappa shape index (κ2) is 6.37. The molecule has 0 bridgehead atoms. The first kappa shape index (κ1) is 16.4. The van der Waals surface area contributed by atoms with Crippen molar-refractivity contribution < 1.29 is 28.9 Å². The molecule has 0 aliphatic heterocycles. The number of ether oxygens (including phenoxy) is 3. The molecule has 0 aromatic carbocycles. The molecule has 6 nitrogen and oxygen atoms in total. The van der Waals surface area contributed by atoms with Gasteiger partial charge in [-0.15, -0.1) is 0 Å². The van der Waals surface area contributed by atoms with Crippen molar-refractivity contribution in [3.8, 4) is 0 Å². The van der Waals surface area contributed by atoms with E-state index in [4.69, 9.17) is 39.9 Å². The molecule has 0 aliphatic carbocycles. The van der Waals surface area contributed by atoms with Gasteiger partial charge in [-0.05, 0) is 13.8 Å². The standard InChI is InChI=1S/C8H11Cl3O6/c1-7(2,17-5(12)13)3-15-6(14)16-4-8(9,10)11/h3-4H2,1-2H3,(H,12,13). The molecule has 0 unspecified atom stereocenters. The Hall–Kier alpha value is -0.590. The summed E-state index contributed by atoms with van der Waals surface area (Å²) in [7, 11) is 0. The van der Waals surface area contributed by atoms with Gasteiger partial charge in [0.15, 0.2) is 0 Å². The SMILES string of the molecule is CC(C)(COC(=O)OCC(Cl)(Cl)Cl)OC(=O)O. The van der Waals surface area contributed by atoms with Crippen LogP contribution in [0.4, 0.5) is 9.59 Å². The molecule has 0 amide bonds. The fraction of sp³-hybridized carbons (Fsp3) is 0.750. The van der Waals surface area contributed by atoms with Gasteiger partial charge >= 0.3 is 12.3 Å². The Morgan fingerprint density at radius 3 is 2.00 bits per heavy atom. The lowest BCUT2D eigenvalue weighted by Crippen LogP contribution is -2.34. The van der Waals surface area contributed by atoms with Crippen molar-refractivity contribution in [2.24, 2.45) is 0 Å². The van der Waals surface area contributed by atoms with Crippen LogP contribution in [0.5, 0.6) is 0 Å². The van der Waals surface area contributed by atoms with Gasteiger partial charge in [0.05, 0.1) is 0 Å². The molecule has 0 heterocycles. The van der Waals surface area contributed by atoms with E-state index in [-0.39, 0.29) is 6.61 Å². The number of hydrogen-bond acceptors (Lipinski definition) is 5. The Labute approximate surface area is 113 Å². The third-order valence-electron chi connectivity index (χ3n) is 1.25. The molecule has 0 saturated carbocycles. The second-order valence-corrected chi connectivity index (χ2v) is 6.09. The maximum atomic E-state index is 11.0. The van der Waals surface area contributed by atoms with Crippen LogP contribution in [-0.2, 0) is 14.2 Å². The summed E-state index contributed by atoms with van der Waals surface area (Å²) in [5.41, 5.74) is -1.19. The highest BCUT2D eigenvalue weighted by atomic mass is 35.6. The van der Waals surface area contributed by atoms with E-state index in [0.29, 0.717) is 0 Å². The molecule has 0 spiro atoms. The summed E-state index contributed by atoms with van der Waals surface area (Å²) in [5.74, 6) is 0. The van der Waals surface area contributed by atoms with Gasteiger partial charge in [0.1, 0.15) is 18.8 Å². The normalized spacial score (nSPS) is 11.8. The fourth-order valence-corrected chi connectivity index (χ4v) is 0.845. The van der Waals surface area contributed by atoms with Crippen LogP contribution in [0.2, 0.25) is 0 Å². The molecule has 0 rings (SSSR count). The zero-order chi connectivity index (χ0) is 13.7. The fourth-order valence-electron chi connectivity index (χ4n) is 0.681. The minimum Gasteiger partial charge on any atom is -0.450 e. The Kier molecular flexibility index (Phi) is 6.15. The van der Waals surface area contributed by atoms with Crippen LogP contribution in [0.15, 0.2) is 0 Å². The average molecular weight is 310 g/mol. The van der Waals surface area contributed by atoms with E-state index < -0.39 is 28.3 Å². The molecular formula is C8H11Cl3O6. The first-order chi connectivity index (χ1) is 7.52. The third-order valence-corrected chi connectivity index (χ3v) is 1.58. The summed E-state index contributed by atoms with van der Waals surface area (Å²) in [6.45, 7) is 2.04. The van der Waals surface area contributed by atoms with Gasteiger partial charge in [0.25, 0.3) is 0 Å². The highest BCUT2D eigenvalue weighted by Crippen LogP contribution is 2.26. The summed E-state index contributed by atoms with van der Waals surface area (Å²) in [5, 5.41) is 8.38. The van der Waals surface area contributed by atoms with Gasteiger partial charge in [0, 0.05) is 0 Å². The lowest BCUT2D eigenvalue weighted by molar-refractivity contribution is -0.0467. The largest absolute Gasteiger partial charge is 0.508 e. The van der Waals surface area contributed by atoms with Gasteiger partial charge in [-0.2, -0.15) is 0 Å². The zero-order valence-corrected chi connectivity index (χ0v) is 11.3.